The van der Waals surface area contributed by atoms with Crippen molar-refractivity contribution >= 4 is 31.7 Å². The van der Waals surface area contributed by atoms with E-state index in [0.29, 0.717) is 43.2 Å². The average Bonchev–Trinajstić information content (AvgIpc) is 4.05. The Bertz CT molecular complexity index is 3300. The van der Waals surface area contributed by atoms with Gasteiger partial charge in [-0.2, -0.15) is 0 Å². The van der Waals surface area contributed by atoms with Crippen molar-refractivity contribution in [3.8, 4) is 22.6 Å². The topological polar surface area (TPSA) is 89.1 Å². The molecule has 0 aromatic heterocycles. The molecular formula is C66H65N3O5Si. The molecule has 378 valence electrons. The third kappa shape index (κ3) is 9.44. The van der Waals surface area contributed by atoms with E-state index in [4.69, 9.17) is 13.9 Å². The Kier molecular flexibility index (Phi) is 13.3. The van der Waals surface area contributed by atoms with Crippen molar-refractivity contribution in [1.29, 1.82) is 0 Å². The van der Waals surface area contributed by atoms with Gasteiger partial charge in [0.25, 0.3) is 0 Å². The smallest absolute Gasteiger partial charge is 0.410 e. The van der Waals surface area contributed by atoms with Gasteiger partial charge in [-0.15, -0.1) is 0 Å². The molecule has 75 heavy (non-hydrogen) atoms. The Morgan fingerprint density at radius 2 is 1.16 bits per heavy atom. The van der Waals surface area contributed by atoms with Crippen LogP contribution in [0.3, 0.4) is 0 Å². The molecule has 1 unspecified atom stereocenters. The number of hydrogen-bond acceptors (Lipinski definition) is 6. The first-order chi connectivity index (χ1) is 36.3. The van der Waals surface area contributed by atoms with Crippen molar-refractivity contribution in [3.63, 3.8) is 0 Å². The van der Waals surface area contributed by atoms with Crippen LogP contribution in [0.5, 0.6) is 11.5 Å². The maximum Gasteiger partial charge on any atom is 0.410 e. The number of nitrogens with one attached hydrogen (secondary N) is 2. The van der Waals surface area contributed by atoms with Gasteiger partial charge in [0, 0.05) is 53.0 Å². The fourth-order valence-corrected chi connectivity index (χ4v) is 12.1. The lowest BCUT2D eigenvalue weighted by Crippen LogP contribution is -2.43. The predicted molar refractivity (Wildman–Crippen MR) is 303 cm³/mol. The number of likely N-dealkylation sites (tertiary alicyclic amines) is 1. The van der Waals surface area contributed by atoms with E-state index in [1.54, 1.807) is 4.90 Å². The number of benzene rings is 8. The summed E-state index contributed by atoms with van der Waals surface area (Å²) in [5.74, 6) is 0.789. The molecule has 0 radical (unpaired) electrons. The number of fused-ring (bicyclic) bond motifs is 5. The zero-order valence-corrected chi connectivity index (χ0v) is 44.7. The number of ether oxygens (including phenoxy) is 2. The molecule has 2 atom stereocenters. The van der Waals surface area contributed by atoms with Crippen LogP contribution in [-0.4, -0.2) is 44.4 Å². The van der Waals surface area contributed by atoms with Gasteiger partial charge in [0.2, 0.25) is 5.91 Å². The van der Waals surface area contributed by atoms with Crippen LogP contribution in [0.1, 0.15) is 101 Å². The summed E-state index contributed by atoms with van der Waals surface area (Å²) in [5.41, 5.74) is 14.0. The van der Waals surface area contributed by atoms with Crippen LogP contribution in [0.15, 0.2) is 194 Å². The Labute approximate surface area is 442 Å². The minimum atomic E-state index is -2.11. The molecular weight excluding hydrogens is 943 g/mol. The lowest BCUT2D eigenvalue weighted by atomic mass is 9.76. The Hall–Kier alpha value is -7.72. The summed E-state index contributed by atoms with van der Waals surface area (Å²) in [7, 11) is -2.11. The van der Waals surface area contributed by atoms with E-state index in [1.807, 2.05) is 36.4 Å². The molecule has 9 heteroatoms. The van der Waals surface area contributed by atoms with E-state index in [0.717, 1.165) is 55.8 Å². The SMILES string of the molecule is Cc1ccc(C(Nc2ccc3c(c2)Oc2cc(NC(=O)[C@@H]4CCCN4C(=O)OCC4c5ccccc5-c5ccccc54)ccc2C3c2ccccc2CO[Si](C)(C)C(C)(C)C)(c2ccccc2)c2ccccc2)cc1. The highest BCUT2D eigenvalue weighted by atomic mass is 28.4. The Morgan fingerprint density at radius 3 is 1.77 bits per heavy atom. The molecule has 1 saturated heterocycles. The van der Waals surface area contributed by atoms with Gasteiger partial charge >= 0.3 is 6.09 Å². The summed E-state index contributed by atoms with van der Waals surface area (Å²) in [4.78, 5) is 29.9. The summed E-state index contributed by atoms with van der Waals surface area (Å²) in [5, 5.41) is 7.30. The van der Waals surface area contributed by atoms with E-state index >= 15 is 0 Å². The highest BCUT2D eigenvalue weighted by Crippen LogP contribution is 2.51. The molecule has 1 aliphatic carbocycles. The van der Waals surface area contributed by atoms with E-state index < -0.39 is 26.0 Å². The molecule has 3 aliphatic rings. The van der Waals surface area contributed by atoms with E-state index in [1.165, 1.54) is 16.7 Å². The van der Waals surface area contributed by atoms with Gasteiger partial charge in [0.1, 0.15) is 29.7 Å². The third-order valence-corrected chi connectivity index (χ3v) is 20.7. The van der Waals surface area contributed by atoms with Crippen molar-refractivity contribution in [2.45, 2.75) is 88.7 Å². The first-order valence-electron chi connectivity index (χ1n) is 26.4. The number of aryl methyl sites for hydroxylation is 1. The largest absolute Gasteiger partial charge is 0.457 e. The molecule has 0 saturated carbocycles. The molecule has 8 nitrogen and oxygen atoms in total. The molecule has 2 amide bonds. The summed E-state index contributed by atoms with van der Waals surface area (Å²) in [6, 6.07) is 66.9. The van der Waals surface area contributed by atoms with Crippen LogP contribution in [-0.2, 0) is 26.1 Å². The summed E-state index contributed by atoms with van der Waals surface area (Å²) >= 11 is 0. The number of nitrogens with zero attached hydrogens (tertiary/aromatic N) is 1. The number of rotatable bonds is 13. The van der Waals surface area contributed by atoms with Gasteiger partial charge in [-0.05, 0) is 100 Å². The zero-order valence-electron chi connectivity index (χ0n) is 43.7. The van der Waals surface area contributed by atoms with Crippen molar-refractivity contribution < 1.29 is 23.5 Å². The molecule has 0 bridgehead atoms. The fraction of sp³-hybridized carbons (Fsp3) is 0.242. The molecule has 2 heterocycles. The monoisotopic (exact) mass is 1010 g/mol. The predicted octanol–water partition coefficient (Wildman–Crippen LogP) is 15.6. The number of carbonyl (C=O) groups is 2. The maximum atomic E-state index is 14.4. The van der Waals surface area contributed by atoms with Crippen LogP contribution < -0.4 is 15.4 Å². The zero-order chi connectivity index (χ0) is 51.9. The highest BCUT2D eigenvalue weighted by molar-refractivity contribution is 6.74. The molecule has 8 aromatic rings. The van der Waals surface area contributed by atoms with Crippen LogP contribution in [0, 0.1) is 6.92 Å². The average molecular weight is 1010 g/mol. The van der Waals surface area contributed by atoms with Gasteiger partial charge in [0.05, 0.1) is 6.61 Å². The second-order valence-electron chi connectivity index (χ2n) is 21.9. The number of amides is 2. The van der Waals surface area contributed by atoms with Crippen molar-refractivity contribution in [1.82, 2.24) is 4.90 Å². The van der Waals surface area contributed by atoms with Crippen LogP contribution in [0.25, 0.3) is 11.1 Å². The lowest BCUT2D eigenvalue weighted by Gasteiger charge is -2.38. The highest BCUT2D eigenvalue weighted by Gasteiger charge is 2.41. The van der Waals surface area contributed by atoms with Gasteiger partial charge in [-0.25, -0.2) is 4.79 Å². The minimum absolute atomic E-state index is 0.0442. The standard InChI is InChI=1S/C66H65N3O5Si/c1-44-31-33-48(34-32-44)66(46-21-9-7-10-22-46,47-23-11-8-12-24-47)68-50-36-38-57-61(41-50)74-60-40-49(35-37-56(60)62(57)51-25-14-13-20-45(51)42-73-75(5,6)65(2,3)4)67-63(70)59-30-19-39-69(59)64(71)72-43-58-54-28-17-15-26-52(54)53-27-16-18-29-55(53)58/h7-18,20-29,31-38,40-41,58-59,62,68H,19,30,39,42-43H2,1-6H3,(H,67,70)/t59-,62?/m0/s1. The van der Waals surface area contributed by atoms with Crippen LogP contribution in [0.2, 0.25) is 18.1 Å². The van der Waals surface area contributed by atoms with E-state index in [2.05, 4.69) is 209 Å². The molecule has 11 rings (SSSR count). The van der Waals surface area contributed by atoms with Gasteiger partial charge in [-0.3, -0.25) is 9.69 Å². The lowest BCUT2D eigenvalue weighted by molar-refractivity contribution is -0.120. The van der Waals surface area contributed by atoms with Gasteiger partial charge in [0.15, 0.2) is 8.32 Å². The molecule has 1 fully saturated rings. The maximum absolute atomic E-state index is 14.4. The summed E-state index contributed by atoms with van der Waals surface area (Å²) in [6.45, 7) is 14.6. The molecule has 2 N–H and O–H groups in total. The second-order valence-corrected chi connectivity index (χ2v) is 26.7. The Balaban J connectivity index is 0.921. The summed E-state index contributed by atoms with van der Waals surface area (Å²) in [6.07, 6.45) is 0.754. The fourth-order valence-electron chi connectivity index (χ4n) is 11.2. The first kappa shape index (κ1) is 49.5. The summed E-state index contributed by atoms with van der Waals surface area (Å²) < 4.78 is 20.0. The van der Waals surface area contributed by atoms with Gasteiger partial charge < -0.3 is 24.5 Å². The second kappa shape index (κ2) is 20.2. The van der Waals surface area contributed by atoms with Crippen molar-refractivity contribution in [3.05, 3.63) is 250 Å². The minimum Gasteiger partial charge on any atom is -0.457 e. The molecule has 8 aromatic carbocycles. The molecule has 2 aliphatic heterocycles. The van der Waals surface area contributed by atoms with E-state index in [9.17, 15) is 9.59 Å². The third-order valence-electron chi connectivity index (χ3n) is 16.3. The van der Waals surface area contributed by atoms with Crippen LogP contribution in [0.4, 0.5) is 16.2 Å². The normalized spacial score (nSPS) is 16.0. The Morgan fingerprint density at radius 1 is 0.627 bits per heavy atom. The van der Waals surface area contributed by atoms with Crippen molar-refractivity contribution in [2.75, 3.05) is 23.8 Å². The number of carbonyl (C=O) groups excluding carboxylic acids is 2. The van der Waals surface area contributed by atoms with Crippen LogP contribution >= 0.6 is 0 Å². The van der Waals surface area contributed by atoms with Crippen molar-refractivity contribution in [2.24, 2.45) is 0 Å². The van der Waals surface area contributed by atoms with E-state index in [-0.39, 0.29) is 29.4 Å². The first-order valence-corrected chi connectivity index (χ1v) is 29.3. The number of anilines is 2. The quantitative estimate of drug-likeness (QED) is 0.0884. The molecule has 0 spiro atoms. The van der Waals surface area contributed by atoms with Gasteiger partial charge in [-0.1, -0.05) is 196 Å². The number of hydrogen-bond donors (Lipinski definition) is 2.